The van der Waals surface area contributed by atoms with E-state index in [9.17, 15) is 26.7 Å². The molecule has 2 heterocycles. The minimum Gasteiger partial charge on any atom is -0.326 e. The van der Waals surface area contributed by atoms with E-state index in [1.807, 2.05) is 18.2 Å². The van der Waals surface area contributed by atoms with Crippen LogP contribution in [0.25, 0.3) is 0 Å². The highest BCUT2D eigenvalue weighted by molar-refractivity contribution is 6.34. The number of aromatic nitrogens is 3. The van der Waals surface area contributed by atoms with Gasteiger partial charge in [-0.3, -0.25) is 4.79 Å². The van der Waals surface area contributed by atoms with Crippen LogP contribution in [0.15, 0.2) is 42.5 Å². The Hall–Kier alpha value is -2.75. The lowest BCUT2D eigenvalue weighted by Crippen LogP contribution is -2.45. The fourth-order valence-corrected chi connectivity index (χ4v) is 4.29. The summed E-state index contributed by atoms with van der Waals surface area (Å²) in [6.07, 6.45) is 0.167. The Bertz CT molecular complexity index is 1060. The summed E-state index contributed by atoms with van der Waals surface area (Å²) >= 11 is 5.96. The van der Waals surface area contributed by atoms with Crippen LogP contribution in [-0.2, 0) is 12.7 Å². The van der Waals surface area contributed by atoms with E-state index >= 15 is 0 Å². The predicted octanol–water partition coefficient (Wildman–Crippen LogP) is 5.22. The normalized spacial score (nSPS) is 20.9. The molecule has 164 valence electrons. The summed E-state index contributed by atoms with van der Waals surface area (Å²) in [5.41, 5.74) is -1.42. The van der Waals surface area contributed by atoms with Crippen molar-refractivity contribution in [2.75, 3.05) is 6.54 Å². The lowest BCUT2D eigenvalue weighted by Gasteiger charge is -2.39. The lowest BCUT2D eigenvalue weighted by atomic mass is 9.89. The molecule has 1 aliphatic carbocycles. The van der Waals surface area contributed by atoms with E-state index in [0.717, 1.165) is 12.1 Å². The number of hydrogen-bond donors (Lipinski definition) is 0. The van der Waals surface area contributed by atoms with Crippen LogP contribution in [0.2, 0.25) is 5.02 Å². The van der Waals surface area contributed by atoms with Crippen molar-refractivity contribution in [3.8, 4) is 0 Å². The van der Waals surface area contributed by atoms with E-state index < -0.39 is 41.0 Å². The Morgan fingerprint density at radius 3 is 2.58 bits per heavy atom. The van der Waals surface area contributed by atoms with Gasteiger partial charge in [-0.25, -0.2) is 8.78 Å². The van der Waals surface area contributed by atoms with Gasteiger partial charge in [0.1, 0.15) is 0 Å². The predicted molar refractivity (Wildman–Crippen MR) is 102 cm³/mol. The molecular formula is C20H16ClF5N4O. The van der Waals surface area contributed by atoms with Crippen molar-refractivity contribution >= 4 is 17.5 Å². The van der Waals surface area contributed by atoms with E-state index in [0.29, 0.717) is 6.42 Å². The van der Waals surface area contributed by atoms with Crippen LogP contribution in [0.4, 0.5) is 22.0 Å². The molecule has 1 aromatic heterocycles. The van der Waals surface area contributed by atoms with E-state index in [2.05, 4.69) is 10.2 Å². The second kappa shape index (κ2) is 8.07. The van der Waals surface area contributed by atoms with Gasteiger partial charge in [-0.1, -0.05) is 42.0 Å². The molecule has 1 aromatic carbocycles. The molecule has 2 aliphatic rings. The van der Waals surface area contributed by atoms with Crippen LogP contribution < -0.4 is 0 Å². The first-order chi connectivity index (χ1) is 14.7. The number of amides is 1. The second-order valence-electron chi connectivity index (χ2n) is 7.19. The van der Waals surface area contributed by atoms with Gasteiger partial charge in [-0.2, -0.15) is 13.2 Å². The molecule has 2 atom stereocenters. The van der Waals surface area contributed by atoms with Gasteiger partial charge >= 0.3 is 6.18 Å². The minimum atomic E-state index is -4.72. The zero-order valence-corrected chi connectivity index (χ0v) is 16.6. The van der Waals surface area contributed by atoms with Crippen LogP contribution in [-0.4, -0.2) is 32.1 Å². The first-order valence-corrected chi connectivity index (χ1v) is 9.79. The molecular weight excluding hydrogens is 443 g/mol. The molecule has 0 saturated heterocycles. The Kier molecular flexibility index (Phi) is 5.59. The number of benzene rings is 1. The number of rotatable bonds is 3. The summed E-state index contributed by atoms with van der Waals surface area (Å²) in [6, 6.07) is 2.35. The van der Waals surface area contributed by atoms with Crippen molar-refractivity contribution < 1.29 is 26.7 Å². The summed E-state index contributed by atoms with van der Waals surface area (Å²) < 4.78 is 67.7. The fraction of sp³-hybridized carbons (Fsp3) is 0.350. The van der Waals surface area contributed by atoms with Crippen LogP contribution in [0, 0.1) is 5.92 Å². The van der Waals surface area contributed by atoms with E-state index in [-0.39, 0.29) is 30.4 Å². The number of allylic oxidation sites excluding steroid dienone is 3. The Balaban J connectivity index is 1.77. The quantitative estimate of drug-likeness (QED) is 0.593. The number of hydrogen-bond acceptors (Lipinski definition) is 3. The van der Waals surface area contributed by atoms with Gasteiger partial charge in [-0.05, 0) is 18.6 Å². The van der Waals surface area contributed by atoms with Crippen molar-refractivity contribution in [2.24, 2.45) is 5.92 Å². The van der Waals surface area contributed by atoms with Gasteiger partial charge in [-0.15, -0.1) is 10.2 Å². The van der Waals surface area contributed by atoms with E-state index in [1.54, 1.807) is 6.08 Å². The highest BCUT2D eigenvalue weighted by Gasteiger charge is 2.41. The highest BCUT2D eigenvalue weighted by atomic mass is 35.5. The number of fused-ring (bicyclic) bond motifs is 1. The van der Waals surface area contributed by atoms with Gasteiger partial charge in [0.2, 0.25) is 0 Å². The van der Waals surface area contributed by atoms with Gasteiger partial charge in [0, 0.05) is 19.0 Å². The highest BCUT2D eigenvalue weighted by Crippen LogP contribution is 2.40. The lowest BCUT2D eigenvalue weighted by molar-refractivity contribution is -0.137. The summed E-state index contributed by atoms with van der Waals surface area (Å²) in [6.45, 7) is -0.0119. The minimum absolute atomic E-state index is 0.00507. The van der Waals surface area contributed by atoms with Crippen molar-refractivity contribution in [3.05, 3.63) is 70.3 Å². The van der Waals surface area contributed by atoms with E-state index in [4.69, 9.17) is 11.6 Å². The van der Waals surface area contributed by atoms with Crippen LogP contribution >= 0.6 is 11.6 Å². The molecule has 31 heavy (non-hydrogen) atoms. The van der Waals surface area contributed by atoms with Gasteiger partial charge in [0.05, 0.1) is 22.2 Å². The Labute approximate surface area is 178 Å². The summed E-state index contributed by atoms with van der Waals surface area (Å²) in [4.78, 5) is 14.7. The van der Waals surface area contributed by atoms with Crippen molar-refractivity contribution in [1.82, 2.24) is 19.7 Å². The molecule has 0 radical (unpaired) electrons. The Morgan fingerprint density at radius 1 is 1.16 bits per heavy atom. The van der Waals surface area contributed by atoms with E-state index in [1.165, 1.54) is 15.5 Å². The average Bonchev–Trinajstić information content (AvgIpc) is 3.17. The molecule has 0 saturated carbocycles. The van der Waals surface area contributed by atoms with Crippen molar-refractivity contribution in [1.29, 1.82) is 0 Å². The third-order valence-corrected chi connectivity index (χ3v) is 5.79. The molecule has 5 nitrogen and oxygen atoms in total. The van der Waals surface area contributed by atoms with Crippen LogP contribution in [0.3, 0.4) is 0 Å². The van der Waals surface area contributed by atoms with Gasteiger partial charge in [0.25, 0.3) is 12.3 Å². The zero-order valence-electron chi connectivity index (χ0n) is 15.9. The molecule has 0 N–H and O–H groups in total. The number of halogens is 6. The molecule has 0 fully saturated rings. The fourth-order valence-electron chi connectivity index (χ4n) is 3.98. The summed E-state index contributed by atoms with van der Waals surface area (Å²) in [7, 11) is 0. The smallest absolute Gasteiger partial charge is 0.326 e. The maximum atomic E-state index is 13.3. The average molecular weight is 459 g/mol. The number of alkyl halides is 5. The number of nitrogens with zero attached hydrogens (tertiary/aromatic N) is 4. The number of carbonyl (C=O) groups excluding carboxylic acids is 1. The standard InChI is InChI=1S/C20H16ClF5N4O/c21-14-12(7-4-8-13(14)20(24,25)26)19(31)29-9-10-30-17(27-28-18(30)16(22)23)15(29)11-5-2-1-3-6-11/h1-5,7-8,11,15-16H,6,9-10H2/t11?,15-/m1/s1. The number of carbonyl (C=O) groups is 1. The molecule has 11 heteroatoms. The molecule has 1 unspecified atom stereocenters. The van der Waals surface area contributed by atoms with Crippen LogP contribution in [0.1, 0.15) is 46.5 Å². The monoisotopic (exact) mass is 458 g/mol. The third-order valence-electron chi connectivity index (χ3n) is 5.38. The van der Waals surface area contributed by atoms with Gasteiger partial charge < -0.3 is 9.47 Å². The van der Waals surface area contributed by atoms with Gasteiger partial charge in [0.15, 0.2) is 11.6 Å². The molecule has 0 bridgehead atoms. The summed E-state index contributed by atoms with van der Waals surface area (Å²) in [5, 5.41) is 6.79. The third kappa shape index (κ3) is 3.84. The van der Waals surface area contributed by atoms with Crippen molar-refractivity contribution in [2.45, 2.75) is 31.6 Å². The van der Waals surface area contributed by atoms with Crippen molar-refractivity contribution in [3.63, 3.8) is 0 Å². The maximum absolute atomic E-state index is 13.3. The molecule has 2 aromatic rings. The molecule has 1 amide bonds. The first-order valence-electron chi connectivity index (χ1n) is 9.41. The topological polar surface area (TPSA) is 51.0 Å². The zero-order chi connectivity index (χ0) is 22.3. The SMILES string of the molecule is O=C(c1cccc(C(F)(F)F)c1Cl)N1CCn2c(C(F)F)nnc2[C@H]1C1C=CC=CC1. The second-order valence-corrected chi connectivity index (χ2v) is 7.57. The molecule has 0 spiro atoms. The maximum Gasteiger partial charge on any atom is 0.417 e. The molecule has 1 aliphatic heterocycles. The summed E-state index contributed by atoms with van der Waals surface area (Å²) in [5.74, 6) is -1.37. The molecule has 4 rings (SSSR count). The van der Waals surface area contributed by atoms with Crippen LogP contribution in [0.5, 0.6) is 0 Å². The largest absolute Gasteiger partial charge is 0.417 e. The Morgan fingerprint density at radius 2 is 1.94 bits per heavy atom. The first kappa shape index (κ1) is 21.5.